The number of amides is 1. The molecule has 1 aliphatic heterocycles. The van der Waals surface area contributed by atoms with Gasteiger partial charge in [-0.1, -0.05) is 11.6 Å². The van der Waals surface area contributed by atoms with Gasteiger partial charge < -0.3 is 19.5 Å². The van der Waals surface area contributed by atoms with E-state index in [0.717, 1.165) is 5.56 Å². The minimum atomic E-state index is -1.00. The number of rotatable bonds is 6. The van der Waals surface area contributed by atoms with Crippen molar-refractivity contribution in [2.45, 2.75) is 19.5 Å². The van der Waals surface area contributed by atoms with Gasteiger partial charge in [-0.2, -0.15) is 0 Å². The van der Waals surface area contributed by atoms with Gasteiger partial charge in [0.15, 0.2) is 11.5 Å². The van der Waals surface area contributed by atoms with Gasteiger partial charge in [0.1, 0.15) is 6.54 Å². The summed E-state index contributed by atoms with van der Waals surface area (Å²) >= 11 is 6.21. The number of nitrogens with zero attached hydrogens (tertiary/aromatic N) is 2. The van der Waals surface area contributed by atoms with Crippen LogP contribution in [-0.2, 0) is 16.1 Å². The molecule has 1 saturated heterocycles. The van der Waals surface area contributed by atoms with Crippen LogP contribution in [0.2, 0.25) is 5.02 Å². The molecule has 132 valence electrons. The molecule has 7 nitrogen and oxygen atoms in total. The highest BCUT2D eigenvalue weighted by Crippen LogP contribution is 2.36. The van der Waals surface area contributed by atoms with Crippen LogP contribution in [0.25, 0.3) is 0 Å². The maximum Gasteiger partial charge on any atom is 0.323 e. The number of halogens is 1. The third-order valence-electron chi connectivity index (χ3n) is 4.08. The number of carbonyl (C=O) groups is 2. The molecule has 24 heavy (non-hydrogen) atoms. The van der Waals surface area contributed by atoms with Crippen molar-refractivity contribution in [3.8, 4) is 11.5 Å². The Labute approximate surface area is 145 Å². The highest BCUT2D eigenvalue weighted by molar-refractivity contribution is 6.32. The van der Waals surface area contributed by atoms with Crippen LogP contribution in [0.4, 0.5) is 0 Å². The Bertz CT molecular complexity index is 637. The Morgan fingerprint density at radius 2 is 2.04 bits per heavy atom. The lowest BCUT2D eigenvalue weighted by Gasteiger charge is -2.38. The molecule has 8 heteroatoms. The van der Waals surface area contributed by atoms with Crippen molar-refractivity contribution in [3.63, 3.8) is 0 Å². The molecule has 1 aliphatic rings. The van der Waals surface area contributed by atoms with Crippen molar-refractivity contribution < 1.29 is 24.2 Å². The molecule has 1 N–H and O–H groups in total. The predicted octanol–water partition coefficient (Wildman–Crippen LogP) is 1.47. The molecule has 0 bridgehead atoms. The smallest absolute Gasteiger partial charge is 0.323 e. The van der Waals surface area contributed by atoms with Crippen molar-refractivity contribution in [2.75, 3.05) is 33.9 Å². The molecule has 0 spiro atoms. The first-order chi connectivity index (χ1) is 11.4. The Morgan fingerprint density at radius 1 is 1.33 bits per heavy atom. The third-order valence-corrected chi connectivity index (χ3v) is 4.36. The Balaban J connectivity index is 2.13. The Kier molecular flexibility index (Phi) is 5.90. The van der Waals surface area contributed by atoms with Gasteiger partial charge in [0.2, 0.25) is 5.91 Å². The standard InChI is InChI=1S/C16H21ClN2O5/c1-10-16(22)19(9-14(20)21)5-4-18(10)8-11-6-12(17)15(24-3)13(7-11)23-2/h6-7,10H,4-5,8-9H2,1-3H3,(H,20,21)/t10-/m0/s1. The molecule has 0 aromatic heterocycles. The van der Waals surface area contributed by atoms with Crippen LogP contribution in [-0.4, -0.2) is 66.7 Å². The van der Waals surface area contributed by atoms with Gasteiger partial charge in [-0.05, 0) is 24.6 Å². The summed E-state index contributed by atoms with van der Waals surface area (Å²) in [6, 6.07) is 3.21. The van der Waals surface area contributed by atoms with Crippen LogP contribution < -0.4 is 9.47 Å². The zero-order valence-electron chi connectivity index (χ0n) is 13.9. The van der Waals surface area contributed by atoms with Crippen LogP contribution in [0.1, 0.15) is 12.5 Å². The fraction of sp³-hybridized carbons (Fsp3) is 0.500. The number of aliphatic carboxylic acids is 1. The van der Waals surface area contributed by atoms with Gasteiger partial charge in [-0.25, -0.2) is 0 Å². The first-order valence-corrected chi connectivity index (χ1v) is 7.90. The molecular weight excluding hydrogens is 336 g/mol. The van der Waals surface area contributed by atoms with Gasteiger partial charge in [0, 0.05) is 19.6 Å². The predicted molar refractivity (Wildman–Crippen MR) is 88.6 cm³/mol. The normalized spacial score (nSPS) is 18.6. The van der Waals surface area contributed by atoms with E-state index in [0.29, 0.717) is 36.2 Å². The number of carbonyl (C=O) groups excluding carboxylic acids is 1. The molecule has 0 saturated carbocycles. The zero-order valence-corrected chi connectivity index (χ0v) is 14.7. The molecular formula is C16H21ClN2O5. The number of ether oxygens (including phenoxy) is 2. The Morgan fingerprint density at radius 3 is 2.62 bits per heavy atom. The molecule has 0 unspecified atom stereocenters. The van der Waals surface area contributed by atoms with Crippen LogP contribution in [0.5, 0.6) is 11.5 Å². The SMILES string of the molecule is COc1cc(CN2CCN(CC(=O)O)C(=O)[C@@H]2C)cc(Cl)c1OC. The van der Waals surface area contributed by atoms with Crippen molar-refractivity contribution in [1.29, 1.82) is 0 Å². The first-order valence-electron chi connectivity index (χ1n) is 7.52. The van der Waals surface area contributed by atoms with Crippen molar-refractivity contribution in [2.24, 2.45) is 0 Å². The summed E-state index contributed by atoms with van der Waals surface area (Å²) in [4.78, 5) is 26.5. The van der Waals surface area contributed by atoms with Crippen LogP contribution in [0.15, 0.2) is 12.1 Å². The molecule has 1 atom stereocenters. The largest absolute Gasteiger partial charge is 0.493 e. The number of hydrogen-bond acceptors (Lipinski definition) is 5. The number of piperazine rings is 1. The van der Waals surface area contributed by atoms with E-state index in [4.69, 9.17) is 26.2 Å². The Hall–Kier alpha value is -1.99. The number of carboxylic acids is 1. The van der Waals surface area contributed by atoms with Gasteiger partial charge in [0.25, 0.3) is 0 Å². The number of hydrogen-bond donors (Lipinski definition) is 1. The summed E-state index contributed by atoms with van der Waals surface area (Å²) in [5.74, 6) is -0.187. The van der Waals surface area contributed by atoms with Crippen molar-refractivity contribution in [1.82, 2.24) is 9.80 Å². The average molecular weight is 357 g/mol. The summed E-state index contributed by atoms with van der Waals surface area (Å²) in [6.45, 7) is 2.99. The lowest BCUT2D eigenvalue weighted by molar-refractivity contribution is -0.150. The van der Waals surface area contributed by atoms with E-state index in [1.807, 2.05) is 11.0 Å². The first kappa shape index (κ1) is 18.4. The highest BCUT2D eigenvalue weighted by atomic mass is 35.5. The minimum absolute atomic E-state index is 0.185. The summed E-state index contributed by atoms with van der Waals surface area (Å²) in [5.41, 5.74) is 0.893. The molecule has 0 radical (unpaired) electrons. The summed E-state index contributed by atoms with van der Waals surface area (Å²) in [6.07, 6.45) is 0. The third kappa shape index (κ3) is 3.91. The molecule has 1 heterocycles. The average Bonchev–Trinajstić information content (AvgIpc) is 2.53. The quantitative estimate of drug-likeness (QED) is 0.831. The second kappa shape index (κ2) is 7.72. The highest BCUT2D eigenvalue weighted by Gasteiger charge is 2.32. The molecule has 1 amide bonds. The molecule has 2 rings (SSSR count). The minimum Gasteiger partial charge on any atom is -0.493 e. The summed E-state index contributed by atoms with van der Waals surface area (Å²) in [5, 5.41) is 9.30. The van der Waals surface area contributed by atoms with E-state index in [2.05, 4.69) is 0 Å². The van der Waals surface area contributed by atoms with Gasteiger partial charge in [0.05, 0.1) is 25.3 Å². The van der Waals surface area contributed by atoms with E-state index >= 15 is 0 Å². The van der Waals surface area contributed by atoms with E-state index in [-0.39, 0.29) is 12.5 Å². The molecule has 0 aliphatic carbocycles. The van der Waals surface area contributed by atoms with E-state index in [1.54, 1.807) is 13.0 Å². The fourth-order valence-electron chi connectivity index (χ4n) is 2.81. The van der Waals surface area contributed by atoms with Crippen molar-refractivity contribution in [3.05, 3.63) is 22.7 Å². The topological polar surface area (TPSA) is 79.3 Å². The number of carboxylic acid groups (broad SMARTS) is 1. The monoisotopic (exact) mass is 356 g/mol. The number of methoxy groups -OCH3 is 2. The summed E-state index contributed by atoms with van der Waals surface area (Å²) in [7, 11) is 3.06. The summed E-state index contributed by atoms with van der Waals surface area (Å²) < 4.78 is 10.5. The van der Waals surface area contributed by atoms with E-state index < -0.39 is 12.0 Å². The second-order valence-corrected chi connectivity index (χ2v) is 6.02. The second-order valence-electron chi connectivity index (χ2n) is 5.61. The van der Waals surface area contributed by atoms with Crippen molar-refractivity contribution >= 4 is 23.5 Å². The zero-order chi connectivity index (χ0) is 17.9. The maximum atomic E-state index is 12.3. The van der Waals surface area contributed by atoms with E-state index in [1.165, 1.54) is 19.1 Å². The molecule has 1 aromatic carbocycles. The van der Waals surface area contributed by atoms with Crippen LogP contribution in [0, 0.1) is 0 Å². The lowest BCUT2D eigenvalue weighted by Crippen LogP contribution is -2.56. The van der Waals surface area contributed by atoms with Crippen LogP contribution in [0.3, 0.4) is 0 Å². The lowest BCUT2D eigenvalue weighted by atomic mass is 10.1. The van der Waals surface area contributed by atoms with Gasteiger partial charge in [-0.15, -0.1) is 0 Å². The van der Waals surface area contributed by atoms with Gasteiger partial charge in [-0.3, -0.25) is 14.5 Å². The molecule has 1 fully saturated rings. The van der Waals surface area contributed by atoms with Crippen LogP contribution >= 0.6 is 11.6 Å². The maximum absolute atomic E-state index is 12.3. The van der Waals surface area contributed by atoms with E-state index in [9.17, 15) is 9.59 Å². The number of benzene rings is 1. The van der Waals surface area contributed by atoms with Gasteiger partial charge >= 0.3 is 5.97 Å². The fourth-order valence-corrected chi connectivity index (χ4v) is 3.12. The molecule has 1 aromatic rings.